The van der Waals surface area contributed by atoms with Gasteiger partial charge in [-0.25, -0.2) is 9.37 Å². The topological polar surface area (TPSA) is 101 Å². The molecule has 2 atom stereocenters. The van der Waals surface area contributed by atoms with Gasteiger partial charge in [0, 0.05) is 42.0 Å². The minimum Gasteiger partial charge on any atom is -0.462 e. The molecule has 47 heavy (non-hydrogen) atoms. The molecule has 0 spiro atoms. The number of pyridine rings is 1. The third kappa shape index (κ3) is 7.20. The highest BCUT2D eigenvalue weighted by molar-refractivity contribution is 8.00. The summed E-state index contributed by atoms with van der Waals surface area (Å²) in [5.74, 6) is -2.23. The Bertz CT molecular complexity index is 1700. The van der Waals surface area contributed by atoms with Crippen LogP contribution in [0.1, 0.15) is 30.9 Å². The first kappa shape index (κ1) is 34.5. The minimum atomic E-state index is -5.11. The Morgan fingerprint density at radius 1 is 1.15 bits per heavy atom. The van der Waals surface area contributed by atoms with Crippen molar-refractivity contribution in [3.8, 4) is 17.3 Å². The average molecular weight is 688 g/mol. The van der Waals surface area contributed by atoms with Crippen molar-refractivity contribution >= 4 is 40.2 Å². The van der Waals surface area contributed by atoms with Crippen LogP contribution in [-0.4, -0.2) is 88.1 Å². The van der Waals surface area contributed by atoms with Gasteiger partial charge in [-0.15, -0.1) is 0 Å². The van der Waals surface area contributed by atoms with E-state index in [9.17, 15) is 31.1 Å². The van der Waals surface area contributed by atoms with E-state index in [1.165, 1.54) is 4.90 Å². The molecule has 2 fully saturated rings. The fourth-order valence-electron chi connectivity index (χ4n) is 6.08. The quantitative estimate of drug-likeness (QED) is 0.181. The van der Waals surface area contributed by atoms with Gasteiger partial charge in [-0.1, -0.05) is 6.58 Å². The lowest BCUT2D eigenvalue weighted by Gasteiger charge is -2.40. The molecular weight excluding hydrogens is 655 g/mol. The minimum absolute atomic E-state index is 0.00483. The van der Waals surface area contributed by atoms with Crippen molar-refractivity contribution in [1.82, 2.24) is 24.8 Å². The predicted molar refractivity (Wildman–Crippen MR) is 164 cm³/mol. The fourth-order valence-corrected chi connectivity index (χ4v) is 6.79. The van der Waals surface area contributed by atoms with E-state index in [0.29, 0.717) is 0 Å². The standard InChI is InChI=1S/C30H32F7N7O2S/c1-5-21(45)43-9-10-44(16(3)13-43)27-18-12-19(47-30(35,36)37)22(26-23(29(32,33)34)15(2)11-20(38)39-26)24(31)25(18)40-28(41-27)46-14-17-7-6-8-42(17)4/h5,11-12,16-17H,1,6-10,13-14H2,2-4H3,(H2,38,39). The van der Waals surface area contributed by atoms with Crippen LogP contribution in [0, 0.1) is 12.7 Å². The van der Waals surface area contributed by atoms with Gasteiger partial charge in [0.15, 0.2) is 5.82 Å². The van der Waals surface area contributed by atoms with E-state index in [2.05, 4.69) is 26.4 Å². The molecule has 2 N–H and O–H groups in total. The molecule has 4 heterocycles. The number of alkyl halides is 6. The van der Waals surface area contributed by atoms with Crippen LogP contribution < -0.4 is 15.4 Å². The third-order valence-electron chi connectivity index (χ3n) is 8.30. The van der Waals surface area contributed by atoms with Crippen LogP contribution in [0.25, 0.3) is 22.2 Å². The molecule has 2 aromatic heterocycles. The van der Waals surface area contributed by atoms with E-state index >= 15 is 4.39 Å². The summed E-state index contributed by atoms with van der Waals surface area (Å²) in [6.45, 7) is 7.77. The zero-order valence-corrected chi connectivity index (χ0v) is 26.5. The van der Waals surface area contributed by atoms with Crippen LogP contribution in [0.15, 0.2) is 29.7 Å². The number of likely N-dealkylation sites (N-methyl/N-ethyl adjacent to an activating group) is 1. The van der Waals surface area contributed by atoms with E-state index in [1.54, 1.807) is 11.8 Å². The molecule has 1 aromatic carbocycles. The van der Waals surface area contributed by atoms with Crippen molar-refractivity contribution in [2.45, 2.75) is 55.4 Å². The second kappa shape index (κ2) is 13.0. The van der Waals surface area contributed by atoms with Crippen LogP contribution in [0.2, 0.25) is 0 Å². The first-order valence-electron chi connectivity index (χ1n) is 14.6. The molecule has 9 nitrogen and oxygen atoms in total. The monoisotopic (exact) mass is 687 g/mol. The maximum absolute atomic E-state index is 16.8. The number of fused-ring (bicyclic) bond motifs is 1. The van der Waals surface area contributed by atoms with E-state index in [4.69, 9.17) is 10.5 Å². The summed E-state index contributed by atoms with van der Waals surface area (Å²) >= 11 is -0.786. The van der Waals surface area contributed by atoms with Crippen molar-refractivity contribution in [3.63, 3.8) is 0 Å². The number of aryl methyl sites for hydroxylation is 1. The highest BCUT2D eigenvalue weighted by Crippen LogP contribution is 2.49. The van der Waals surface area contributed by atoms with Crippen molar-refractivity contribution in [3.05, 3.63) is 41.7 Å². The second-order valence-electron chi connectivity index (χ2n) is 11.5. The van der Waals surface area contributed by atoms with Crippen LogP contribution in [0.3, 0.4) is 0 Å². The number of halogens is 7. The molecule has 5 rings (SSSR count). The van der Waals surface area contributed by atoms with E-state index in [0.717, 1.165) is 44.5 Å². The summed E-state index contributed by atoms with van der Waals surface area (Å²) in [5, 5.41) is -0.187. The Hall–Kier alpha value is -3.86. The smallest absolute Gasteiger partial charge is 0.446 e. The fraction of sp³-hybridized carbons (Fsp3) is 0.467. The van der Waals surface area contributed by atoms with Gasteiger partial charge < -0.3 is 25.2 Å². The van der Waals surface area contributed by atoms with Gasteiger partial charge in [0.25, 0.3) is 0 Å². The number of likely N-dealkylation sites (tertiary alicyclic amines) is 1. The number of amides is 1. The molecule has 2 unspecified atom stereocenters. The van der Waals surface area contributed by atoms with Gasteiger partial charge in [0.1, 0.15) is 23.8 Å². The zero-order valence-electron chi connectivity index (χ0n) is 25.7. The number of nitrogen functional groups attached to an aromatic ring is 1. The third-order valence-corrected chi connectivity index (χ3v) is 9.07. The van der Waals surface area contributed by atoms with Crippen molar-refractivity contribution < 1.29 is 40.3 Å². The largest absolute Gasteiger partial charge is 0.462 e. The normalized spacial score (nSPS) is 19.4. The SMILES string of the molecule is C=CC(=O)N1CCN(c2nc(OCC3CCCN3C)nc3c(F)c(-c4nc(N)cc(C)c4C(F)(F)F)c(SC(F)(F)F)cc23)C(C)C1. The first-order chi connectivity index (χ1) is 22.0. The first-order valence-corrected chi connectivity index (χ1v) is 15.5. The van der Waals surface area contributed by atoms with E-state index in [-0.39, 0.29) is 55.4 Å². The number of benzene rings is 1. The van der Waals surface area contributed by atoms with E-state index in [1.807, 2.05) is 7.05 Å². The Kier molecular flexibility index (Phi) is 9.52. The molecule has 2 aliphatic heterocycles. The molecule has 17 heteroatoms. The predicted octanol–water partition coefficient (Wildman–Crippen LogP) is 6.05. The number of ether oxygens (including phenoxy) is 1. The number of nitrogens with zero attached hydrogens (tertiary/aromatic N) is 6. The van der Waals surface area contributed by atoms with Crippen molar-refractivity contribution in [2.75, 3.05) is 50.5 Å². The van der Waals surface area contributed by atoms with Crippen LogP contribution >= 0.6 is 11.8 Å². The number of nitrogens with two attached hydrogens (primary N) is 1. The van der Waals surface area contributed by atoms with Crippen molar-refractivity contribution in [1.29, 1.82) is 0 Å². The number of hydrogen-bond donors (Lipinski definition) is 1. The maximum Gasteiger partial charge on any atom is 0.446 e. The zero-order chi connectivity index (χ0) is 34.4. The maximum atomic E-state index is 16.8. The van der Waals surface area contributed by atoms with Gasteiger partial charge >= 0.3 is 17.7 Å². The lowest BCUT2D eigenvalue weighted by atomic mass is 9.98. The van der Waals surface area contributed by atoms with E-state index < -0.39 is 73.9 Å². The van der Waals surface area contributed by atoms with Crippen molar-refractivity contribution in [2.24, 2.45) is 0 Å². The van der Waals surface area contributed by atoms with Gasteiger partial charge in [-0.2, -0.15) is 36.3 Å². The molecule has 0 bridgehead atoms. The number of thioether (sulfide) groups is 1. The number of piperazine rings is 1. The number of aromatic nitrogens is 3. The summed E-state index contributed by atoms with van der Waals surface area (Å²) in [5.41, 5.74) is -3.86. The van der Waals surface area contributed by atoms with Crippen LogP contribution in [0.4, 0.5) is 42.4 Å². The number of hydrogen-bond acceptors (Lipinski definition) is 9. The second-order valence-corrected chi connectivity index (χ2v) is 12.6. The highest BCUT2D eigenvalue weighted by Gasteiger charge is 2.41. The summed E-state index contributed by atoms with van der Waals surface area (Å²) in [7, 11) is 1.91. The van der Waals surface area contributed by atoms with Crippen LogP contribution in [0.5, 0.6) is 6.01 Å². The number of rotatable bonds is 7. The molecular formula is C30H32F7N7O2S. The lowest BCUT2D eigenvalue weighted by Crippen LogP contribution is -2.53. The molecule has 3 aromatic rings. The molecule has 2 saturated heterocycles. The summed E-state index contributed by atoms with van der Waals surface area (Å²) < 4.78 is 107. The van der Waals surface area contributed by atoms with Crippen LogP contribution in [-0.2, 0) is 11.0 Å². The molecule has 1 amide bonds. The Morgan fingerprint density at radius 3 is 2.47 bits per heavy atom. The molecule has 0 aliphatic carbocycles. The summed E-state index contributed by atoms with van der Waals surface area (Å²) in [6, 6.07) is 1.05. The van der Waals surface area contributed by atoms with Gasteiger partial charge in [0.2, 0.25) is 5.91 Å². The van der Waals surface area contributed by atoms with Gasteiger partial charge in [-0.05, 0) is 75.8 Å². The molecule has 2 aliphatic rings. The Morgan fingerprint density at radius 2 is 1.87 bits per heavy atom. The van der Waals surface area contributed by atoms with Gasteiger partial charge in [0.05, 0.1) is 16.8 Å². The Balaban J connectivity index is 1.76. The van der Waals surface area contributed by atoms with Gasteiger partial charge in [-0.3, -0.25) is 4.79 Å². The lowest BCUT2D eigenvalue weighted by molar-refractivity contribution is -0.137. The molecule has 0 radical (unpaired) electrons. The number of carbonyl (C=O) groups excluding carboxylic acids is 1. The molecule has 254 valence electrons. The number of carbonyl (C=O) groups is 1. The molecule has 0 saturated carbocycles. The Labute approximate surface area is 270 Å². The average Bonchev–Trinajstić information content (AvgIpc) is 3.38. The number of anilines is 2. The summed E-state index contributed by atoms with van der Waals surface area (Å²) in [6.07, 6.45) is -2.22. The summed E-state index contributed by atoms with van der Waals surface area (Å²) in [4.78, 5) is 29.1. The highest BCUT2D eigenvalue weighted by atomic mass is 32.2.